The van der Waals surface area contributed by atoms with Gasteiger partial charge in [0.2, 0.25) is 0 Å². The van der Waals surface area contributed by atoms with Crippen LogP contribution in [0.1, 0.15) is 27.5 Å². The van der Waals surface area contributed by atoms with E-state index >= 15 is 0 Å². The molecule has 148 valence electrons. The van der Waals surface area contributed by atoms with Gasteiger partial charge in [-0.25, -0.2) is 9.37 Å². The molecule has 0 bridgehead atoms. The molecule has 3 aromatic rings. The fourth-order valence-corrected chi connectivity index (χ4v) is 3.51. The highest BCUT2D eigenvalue weighted by molar-refractivity contribution is 5.94. The van der Waals surface area contributed by atoms with E-state index < -0.39 is 0 Å². The van der Waals surface area contributed by atoms with Gasteiger partial charge in [0.15, 0.2) is 0 Å². The summed E-state index contributed by atoms with van der Waals surface area (Å²) in [5.74, 6) is 0.317. The van der Waals surface area contributed by atoms with E-state index in [-0.39, 0.29) is 24.3 Å². The molecule has 29 heavy (non-hydrogen) atoms. The third-order valence-corrected chi connectivity index (χ3v) is 5.05. The van der Waals surface area contributed by atoms with Crippen molar-refractivity contribution in [1.29, 1.82) is 0 Å². The molecule has 1 aromatic heterocycles. The summed E-state index contributed by atoms with van der Waals surface area (Å²) >= 11 is 0. The van der Waals surface area contributed by atoms with Crippen LogP contribution < -0.4 is 15.5 Å². The number of anilines is 1. The molecule has 1 aliphatic heterocycles. The number of carbonyl (C=O) groups excluding carboxylic acids is 1. The van der Waals surface area contributed by atoms with Gasteiger partial charge in [0, 0.05) is 38.4 Å². The van der Waals surface area contributed by atoms with Crippen molar-refractivity contribution in [2.24, 2.45) is 0 Å². The zero-order valence-corrected chi connectivity index (χ0v) is 16.0. The summed E-state index contributed by atoms with van der Waals surface area (Å²) in [5.41, 5.74) is 2.46. The van der Waals surface area contributed by atoms with Crippen molar-refractivity contribution in [2.75, 3.05) is 24.5 Å². The quantitative estimate of drug-likeness (QED) is 0.702. The Labute approximate surface area is 169 Å². The van der Waals surface area contributed by atoms with Crippen molar-refractivity contribution >= 4 is 11.7 Å². The van der Waals surface area contributed by atoms with Crippen LogP contribution in [0.5, 0.6) is 0 Å². The van der Waals surface area contributed by atoms with Gasteiger partial charge in [-0.1, -0.05) is 42.5 Å². The van der Waals surface area contributed by atoms with Crippen LogP contribution >= 0.6 is 0 Å². The summed E-state index contributed by atoms with van der Waals surface area (Å²) in [5, 5.41) is 6.34. The van der Waals surface area contributed by atoms with Gasteiger partial charge < -0.3 is 15.5 Å². The first-order chi connectivity index (χ1) is 14.2. The molecule has 5 nitrogen and oxygen atoms in total. The molecule has 1 saturated heterocycles. The van der Waals surface area contributed by atoms with Crippen LogP contribution in [0.4, 0.5) is 10.2 Å². The Morgan fingerprint density at radius 1 is 1.14 bits per heavy atom. The second-order valence-corrected chi connectivity index (χ2v) is 7.08. The maximum atomic E-state index is 13.2. The standard InChI is InChI=1S/C23H23FN4O/c24-20-8-4-5-17(13-20)14-27-23(29)19-9-10-22(26-15-19)28-12-11-25-21(16-28)18-6-2-1-3-7-18/h1-10,13,15,21,25H,11-12,14,16H2,(H,27,29)/t21-/m0/s1. The van der Waals surface area contributed by atoms with Gasteiger partial charge in [-0.3, -0.25) is 4.79 Å². The molecule has 1 atom stereocenters. The zero-order chi connectivity index (χ0) is 20.1. The molecular weight excluding hydrogens is 367 g/mol. The van der Waals surface area contributed by atoms with Gasteiger partial charge in [-0.05, 0) is 35.4 Å². The zero-order valence-electron chi connectivity index (χ0n) is 16.0. The van der Waals surface area contributed by atoms with Crippen molar-refractivity contribution in [1.82, 2.24) is 15.6 Å². The van der Waals surface area contributed by atoms with E-state index in [0.29, 0.717) is 5.56 Å². The van der Waals surface area contributed by atoms with Crippen LogP contribution in [0.3, 0.4) is 0 Å². The van der Waals surface area contributed by atoms with Crippen LogP contribution in [-0.4, -0.2) is 30.5 Å². The van der Waals surface area contributed by atoms with Gasteiger partial charge >= 0.3 is 0 Å². The van der Waals surface area contributed by atoms with Crippen molar-refractivity contribution in [3.05, 3.63) is 95.4 Å². The van der Waals surface area contributed by atoms with E-state index in [1.807, 2.05) is 24.3 Å². The second-order valence-electron chi connectivity index (χ2n) is 7.08. The fraction of sp³-hybridized carbons (Fsp3) is 0.217. The van der Waals surface area contributed by atoms with Crippen molar-refractivity contribution in [3.8, 4) is 0 Å². The minimum absolute atomic E-state index is 0.226. The number of carbonyl (C=O) groups is 1. The highest BCUT2D eigenvalue weighted by atomic mass is 19.1. The van der Waals surface area contributed by atoms with E-state index in [4.69, 9.17) is 0 Å². The first-order valence-electron chi connectivity index (χ1n) is 9.71. The topological polar surface area (TPSA) is 57.3 Å². The largest absolute Gasteiger partial charge is 0.353 e. The van der Waals surface area contributed by atoms with Gasteiger partial charge in [0.25, 0.3) is 5.91 Å². The van der Waals surface area contributed by atoms with Crippen LogP contribution in [0.25, 0.3) is 0 Å². The Morgan fingerprint density at radius 2 is 2.00 bits per heavy atom. The first-order valence-corrected chi connectivity index (χ1v) is 9.71. The smallest absolute Gasteiger partial charge is 0.253 e. The number of hydrogen-bond donors (Lipinski definition) is 2. The maximum Gasteiger partial charge on any atom is 0.253 e. The molecule has 2 heterocycles. The molecule has 1 fully saturated rings. The average molecular weight is 390 g/mol. The van der Waals surface area contributed by atoms with E-state index in [0.717, 1.165) is 31.0 Å². The average Bonchev–Trinajstić information content (AvgIpc) is 2.78. The third-order valence-electron chi connectivity index (χ3n) is 5.05. The Balaban J connectivity index is 1.37. The summed E-state index contributed by atoms with van der Waals surface area (Å²) < 4.78 is 13.2. The predicted octanol–water partition coefficient (Wildman–Crippen LogP) is 3.30. The minimum Gasteiger partial charge on any atom is -0.353 e. The van der Waals surface area contributed by atoms with Crippen LogP contribution in [0, 0.1) is 5.82 Å². The third kappa shape index (κ3) is 4.78. The van der Waals surface area contributed by atoms with Crippen LogP contribution in [0.15, 0.2) is 72.9 Å². The van der Waals surface area contributed by atoms with Crippen molar-refractivity contribution in [3.63, 3.8) is 0 Å². The lowest BCUT2D eigenvalue weighted by atomic mass is 10.0. The molecule has 2 aromatic carbocycles. The normalized spacial score (nSPS) is 16.4. The molecular formula is C23H23FN4O. The SMILES string of the molecule is O=C(NCc1cccc(F)c1)c1ccc(N2CCN[C@H](c3ccccc3)C2)nc1. The van der Waals surface area contributed by atoms with E-state index in [1.165, 1.54) is 17.7 Å². The highest BCUT2D eigenvalue weighted by Crippen LogP contribution is 2.21. The number of aromatic nitrogens is 1. The summed E-state index contributed by atoms with van der Waals surface area (Å²) in [6, 6.07) is 20.5. The molecule has 1 amide bonds. The Kier molecular flexibility index (Phi) is 5.81. The maximum absolute atomic E-state index is 13.2. The monoisotopic (exact) mass is 390 g/mol. The van der Waals surface area contributed by atoms with Gasteiger partial charge in [0.05, 0.1) is 5.56 Å². The molecule has 0 unspecified atom stereocenters. The summed E-state index contributed by atoms with van der Waals surface area (Å²) in [6.45, 7) is 2.83. The summed E-state index contributed by atoms with van der Waals surface area (Å²) in [6.07, 6.45) is 1.59. The van der Waals surface area contributed by atoms with Gasteiger partial charge in [-0.2, -0.15) is 0 Å². The molecule has 4 rings (SSSR count). The fourth-order valence-electron chi connectivity index (χ4n) is 3.51. The Bertz CT molecular complexity index is 962. The highest BCUT2D eigenvalue weighted by Gasteiger charge is 2.21. The molecule has 1 aliphatic rings. The number of pyridine rings is 1. The van der Waals surface area contributed by atoms with Crippen LogP contribution in [-0.2, 0) is 6.54 Å². The lowest BCUT2D eigenvalue weighted by molar-refractivity contribution is 0.0950. The van der Waals surface area contributed by atoms with Crippen molar-refractivity contribution < 1.29 is 9.18 Å². The number of rotatable bonds is 5. The molecule has 0 aliphatic carbocycles. The summed E-state index contributed by atoms with van der Waals surface area (Å²) in [4.78, 5) is 19.1. The number of nitrogens with zero attached hydrogens (tertiary/aromatic N) is 2. The summed E-state index contributed by atoms with van der Waals surface area (Å²) in [7, 11) is 0. The number of benzene rings is 2. The Hall–Kier alpha value is -3.25. The van der Waals surface area contributed by atoms with Crippen molar-refractivity contribution in [2.45, 2.75) is 12.6 Å². The molecule has 0 saturated carbocycles. The Morgan fingerprint density at radius 3 is 2.76 bits per heavy atom. The van der Waals surface area contributed by atoms with Gasteiger partial charge in [0.1, 0.15) is 11.6 Å². The predicted molar refractivity (Wildman–Crippen MR) is 111 cm³/mol. The lowest BCUT2D eigenvalue weighted by Gasteiger charge is -2.34. The number of hydrogen-bond acceptors (Lipinski definition) is 4. The van der Waals surface area contributed by atoms with Gasteiger partial charge in [-0.15, -0.1) is 0 Å². The van der Waals surface area contributed by atoms with E-state index in [9.17, 15) is 9.18 Å². The number of halogens is 1. The first kappa shape index (κ1) is 19.1. The lowest BCUT2D eigenvalue weighted by Crippen LogP contribution is -2.46. The number of piperazine rings is 1. The second kappa shape index (κ2) is 8.84. The molecule has 0 radical (unpaired) electrons. The molecule has 2 N–H and O–H groups in total. The van der Waals surface area contributed by atoms with E-state index in [1.54, 1.807) is 24.4 Å². The number of amides is 1. The molecule has 0 spiro atoms. The number of nitrogens with one attached hydrogen (secondary N) is 2. The van der Waals surface area contributed by atoms with E-state index in [2.05, 4.69) is 32.7 Å². The molecule has 6 heteroatoms. The van der Waals surface area contributed by atoms with Crippen LogP contribution in [0.2, 0.25) is 0 Å². The minimum atomic E-state index is -0.312.